The molecule has 1 unspecified atom stereocenters. The van der Waals surface area contributed by atoms with Crippen molar-refractivity contribution in [1.29, 1.82) is 0 Å². The fourth-order valence-corrected chi connectivity index (χ4v) is 8.38. The molecule has 1 heterocycles. The van der Waals surface area contributed by atoms with Crippen LogP contribution in [0.3, 0.4) is 0 Å². The number of phenolic OH excluding ortho intramolecular Hbond substituents is 1. The number of nitrogens with zero attached hydrogens (tertiary/aromatic N) is 1. The van der Waals surface area contributed by atoms with E-state index in [-0.39, 0.29) is 41.9 Å². The number of carbonyl (C=O) groups excluding carboxylic acids is 3. The summed E-state index contributed by atoms with van der Waals surface area (Å²) < 4.78 is 5.51. The van der Waals surface area contributed by atoms with Gasteiger partial charge in [0.2, 0.25) is 5.78 Å². The number of allylic oxidation sites excluding steroid dienone is 2. The van der Waals surface area contributed by atoms with E-state index in [2.05, 4.69) is 30.0 Å². The first-order valence-electron chi connectivity index (χ1n) is 16.4. The van der Waals surface area contributed by atoms with Gasteiger partial charge in [-0.2, -0.15) is 0 Å². The Labute approximate surface area is 269 Å². The number of hydrogen-bond acceptors (Lipinski definition) is 9. The molecular formula is C37H43NO8. The highest BCUT2D eigenvalue weighted by atomic mass is 16.5. The van der Waals surface area contributed by atoms with Crippen molar-refractivity contribution in [2.45, 2.75) is 71.9 Å². The Balaban J connectivity index is 1.50. The number of carbonyl (C=O) groups is 3. The van der Waals surface area contributed by atoms with E-state index in [1.54, 1.807) is 13.8 Å². The second-order valence-electron chi connectivity index (χ2n) is 13.5. The van der Waals surface area contributed by atoms with Crippen LogP contribution in [0.25, 0.3) is 11.1 Å². The van der Waals surface area contributed by atoms with Gasteiger partial charge >= 0.3 is 0 Å². The quantitative estimate of drug-likeness (QED) is 0.305. The topological polar surface area (TPSA) is 145 Å². The molecule has 1 aliphatic heterocycles. The highest BCUT2D eigenvalue weighted by Gasteiger charge is 2.64. The average Bonchev–Trinajstić information content (AvgIpc) is 3.03. The number of phenols is 1. The number of ketones is 3. The first kappa shape index (κ1) is 32.2. The zero-order chi connectivity index (χ0) is 33.1. The molecule has 2 aromatic carbocycles. The van der Waals surface area contributed by atoms with Gasteiger partial charge in [-0.3, -0.25) is 19.3 Å². The van der Waals surface area contributed by atoms with Gasteiger partial charge in [-0.15, -0.1) is 0 Å². The number of aromatic hydroxyl groups is 1. The van der Waals surface area contributed by atoms with E-state index in [0.717, 1.165) is 48.3 Å². The molecule has 9 nitrogen and oxygen atoms in total. The Kier molecular flexibility index (Phi) is 8.24. The first-order valence-corrected chi connectivity index (χ1v) is 16.4. The number of hydrogen-bond donors (Lipinski definition) is 4. The van der Waals surface area contributed by atoms with Crippen molar-refractivity contribution in [3.05, 3.63) is 75.3 Å². The SMILES string of the molecule is CCC(=O)C1=C(O)[C@@H](CC)C2C[C@]3(C)Cc4c(-c5cc(CN6CCOCC6)ccc5CC)ccc(O)c4C(=O)C3=C(O)[C@]2(O)C1=O. The van der Waals surface area contributed by atoms with Gasteiger partial charge in [0.15, 0.2) is 17.2 Å². The van der Waals surface area contributed by atoms with Crippen molar-refractivity contribution >= 4 is 17.3 Å². The van der Waals surface area contributed by atoms with Crippen LogP contribution < -0.4 is 0 Å². The number of aliphatic hydroxyl groups excluding tert-OH is 2. The molecule has 0 bridgehead atoms. The van der Waals surface area contributed by atoms with Gasteiger partial charge in [0.05, 0.1) is 18.8 Å². The second-order valence-corrected chi connectivity index (χ2v) is 13.5. The normalized spacial score (nSPS) is 28.2. The minimum absolute atomic E-state index is 0.0396. The van der Waals surface area contributed by atoms with E-state index in [1.165, 1.54) is 6.07 Å². The predicted octanol–water partition coefficient (Wildman–Crippen LogP) is 5.16. The molecule has 4 aliphatic rings. The van der Waals surface area contributed by atoms with Crippen LogP contribution in [-0.2, 0) is 33.7 Å². The van der Waals surface area contributed by atoms with Crippen LogP contribution in [0.5, 0.6) is 5.75 Å². The minimum atomic E-state index is -2.55. The van der Waals surface area contributed by atoms with E-state index in [1.807, 2.05) is 13.0 Å². The fraction of sp³-hybridized carbons (Fsp3) is 0.486. The van der Waals surface area contributed by atoms with Gasteiger partial charge in [-0.05, 0) is 65.6 Å². The summed E-state index contributed by atoms with van der Waals surface area (Å²) in [5.74, 6) is -5.52. The number of fused-ring (bicyclic) bond motifs is 3. The summed E-state index contributed by atoms with van der Waals surface area (Å²) in [6.07, 6.45) is 1.32. The lowest BCUT2D eigenvalue weighted by molar-refractivity contribution is -0.149. The van der Waals surface area contributed by atoms with Crippen LogP contribution in [0.2, 0.25) is 0 Å². The lowest BCUT2D eigenvalue weighted by atomic mass is 9.51. The van der Waals surface area contributed by atoms with Crippen LogP contribution in [0.1, 0.15) is 74.0 Å². The van der Waals surface area contributed by atoms with E-state index in [9.17, 15) is 34.8 Å². The molecule has 9 heteroatoms. The fourth-order valence-electron chi connectivity index (χ4n) is 8.38. The molecule has 4 atom stereocenters. The van der Waals surface area contributed by atoms with Gasteiger partial charge in [-0.25, -0.2) is 0 Å². The maximum Gasteiger partial charge on any atom is 0.209 e. The standard InChI is InChI=1S/C37H43NO8/c1-5-21-9-8-20(19-38-12-14-46-15-13-38)16-24(21)23-10-11-28(40)29-25(23)17-36(4)18-26-22(6-2)32(41)30(27(39)7-3)34(43)37(26,45)35(44)31(36)33(29)42/h8-11,16,22,26,40-41,44-45H,5-7,12-15,17-19H2,1-4H3/t22-,26?,36-,37+/m0/s1. The molecule has 3 aliphatic carbocycles. The molecule has 0 spiro atoms. The number of morpholine rings is 1. The molecule has 2 aromatic rings. The third kappa shape index (κ3) is 4.74. The van der Waals surface area contributed by atoms with Crippen molar-refractivity contribution < 1.29 is 39.5 Å². The molecule has 0 aromatic heterocycles. The van der Waals surface area contributed by atoms with Crippen molar-refractivity contribution in [3.63, 3.8) is 0 Å². The number of aliphatic hydroxyl groups is 3. The zero-order valence-corrected chi connectivity index (χ0v) is 27.0. The molecule has 1 saturated heterocycles. The summed E-state index contributed by atoms with van der Waals surface area (Å²) in [6, 6.07) is 9.71. The van der Waals surface area contributed by atoms with E-state index in [0.29, 0.717) is 25.2 Å². The Morgan fingerprint density at radius 3 is 2.39 bits per heavy atom. The maximum atomic E-state index is 14.4. The summed E-state index contributed by atoms with van der Waals surface area (Å²) in [5.41, 5.74) is 0.443. The summed E-state index contributed by atoms with van der Waals surface area (Å²) in [5, 5.41) is 46.1. The van der Waals surface area contributed by atoms with Gasteiger partial charge in [0.1, 0.15) is 22.8 Å². The zero-order valence-electron chi connectivity index (χ0n) is 27.0. The van der Waals surface area contributed by atoms with Gasteiger partial charge in [-0.1, -0.05) is 45.9 Å². The van der Waals surface area contributed by atoms with Gasteiger partial charge in [0.25, 0.3) is 0 Å². The lowest BCUT2D eigenvalue weighted by Gasteiger charge is -2.52. The van der Waals surface area contributed by atoms with Crippen LogP contribution >= 0.6 is 0 Å². The van der Waals surface area contributed by atoms with E-state index >= 15 is 0 Å². The first-order chi connectivity index (χ1) is 21.9. The van der Waals surface area contributed by atoms with Crippen LogP contribution in [-0.4, -0.2) is 74.6 Å². The van der Waals surface area contributed by atoms with Crippen LogP contribution in [0.15, 0.2) is 53.0 Å². The number of benzene rings is 2. The summed E-state index contributed by atoms with van der Waals surface area (Å²) in [7, 11) is 0. The highest BCUT2D eigenvalue weighted by molar-refractivity contribution is 6.25. The lowest BCUT2D eigenvalue weighted by Crippen LogP contribution is -2.61. The number of rotatable bonds is 7. The van der Waals surface area contributed by atoms with Gasteiger partial charge in [0, 0.05) is 48.9 Å². The van der Waals surface area contributed by atoms with Crippen molar-refractivity contribution in [3.8, 4) is 16.9 Å². The third-order valence-corrected chi connectivity index (χ3v) is 10.8. The Hall–Kier alpha value is -3.79. The molecule has 4 N–H and O–H groups in total. The molecule has 6 rings (SSSR count). The average molecular weight is 630 g/mol. The van der Waals surface area contributed by atoms with Crippen molar-refractivity contribution in [2.24, 2.45) is 17.3 Å². The largest absolute Gasteiger partial charge is 0.511 e. The Morgan fingerprint density at radius 1 is 1.02 bits per heavy atom. The second kappa shape index (κ2) is 11.8. The molecule has 46 heavy (non-hydrogen) atoms. The van der Waals surface area contributed by atoms with E-state index < -0.39 is 51.5 Å². The molecule has 0 saturated carbocycles. The third-order valence-electron chi connectivity index (χ3n) is 10.8. The van der Waals surface area contributed by atoms with E-state index in [4.69, 9.17) is 4.74 Å². The number of Topliss-reactive ketones (excluding diaryl/α,β-unsaturated/α-hetero) is 3. The van der Waals surface area contributed by atoms with Crippen LogP contribution in [0, 0.1) is 17.3 Å². The summed E-state index contributed by atoms with van der Waals surface area (Å²) >= 11 is 0. The van der Waals surface area contributed by atoms with Crippen LogP contribution in [0.4, 0.5) is 0 Å². The maximum absolute atomic E-state index is 14.4. The molecule has 244 valence electrons. The number of aryl methyl sites for hydroxylation is 1. The monoisotopic (exact) mass is 629 g/mol. The Morgan fingerprint density at radius 2 is 1.74 bits per heavy atom. The Bertz CT molecular complexity index is 1700. The highest BCUT2D eigenvalue weighted by Crippen LogP contribution is 2.59. The van der Waals surface area contributed by atoms with Crippen molar-refractivity contribution in [2.75, 3.05) is 26.3 Å². The molecule has 0 amide bonds. The van der Waals surface area contributed by atoms with Gasteiger partial charge < -0.3 is 25.2 Å². The number of ether oxygens (including phenoxy) is 1. The molecule has 1 fully saturated rings. The van der Waals surface area contributed by atoms with Crippen molar-refractivity contribution in [1.82, 2.24) is 4.90 Å². The summed E-state index contributed by atoms with van der Waals surface area (Å²) in [4.78, 5) is 43.3. The minimum Gasteiger partial charge on any atom is -0.511 e. The molecule has 0 radical (unpaired) electrons. The summed E-state index contributed by atoms with van der Waals surface area (Å²) in [6.45, 7) is 11.1. The predicted molar refractivity (Wildman–Crippen MR) is 172 cm³/mol. The molecular weight excluding hydrogens is 586 g/mol. The smallest absolute Gasteiger partial charge is 0.209 e.